The second-order valence-corrected chi connectivity index (χ2v) is 8.19. The summed E-state index contributed by atoms with van der Waals surface area (Å²) < 4.78 is 0. The molecule has 31 heavy (non-hydrogen) atoms. The average molecular weight is 424 g/mol. The van der Waals surface area contributed by atoms with Gasteiger partial charge in [0.05, 0.1) is 4.92 Å². The molecule has 9 nitrogen and oxygen atoms in total. The quantitative estimate of drug-likeness (QED) is 0.515. The molecule has 1 aromatic heterocycles. The maximum Gasteiger partial charge on any atom is 0.235 e. The molecule has 1 aliphatic carbocycles. The van der Waals surface area contributed by atoms with Gasteiger partial charge in [-0.3, -0.25) is 10.1 Å². The van der Waals surface area contributed by atoms with Gasteiger partial charge in [-0.25, -0.2) is 4.98 Å². The number of nitro groups is 1. The Morgan fingerprint density at radius 2 is 1.84 bits per heavy atom. The zero-order chi connectivity index (χ0) is 21.6. The van der Waals surface area contributed by atoms with Gasteiger partial charge in [0.1, 0.15) is 5.82 Å². The number of nitrogens with one attached hydrogen (secondary N) is 2. The van der Waals surface area contributed by atoms with Gasteiger partial charge in [-0.1, -0.05) is 12.8 Å². The van der Waals surface area contributed by atoms with Crippen molar-refractivity contribution in [3.05, 3.63) is 52.3 Å². The number of rotatable bonds is 7. The van der Waals surface area contributed by atoms with E-state index in [0.29, 0.717) is 23.4 Å². The number of hydrogen-bond donors (Lipinski definition) is 2. The van der Waals surface area contributed by atoms with Crippen LogP contribution in [0.4, 0.5) is 23.1 Å². The Morgan fingerprint density at radius 1 is 1.13 bits per heavy atom. The second-order valence-electron chi connectivity index (χ2n) is 8.19. The molecule has 2 fully saturated rings. The third-order valence-electron chi connectivity index (χ3n) is 5.88. The molecule has 4 rings (SSSR count). The van der Waals surface area contributed by atoms with E-state index in [-0.39, 0.29) is 0 Å². The standard InChI is InChI=1S/C22H29N7O2/c1-27-12-14-28(15-13-27)20-8-6-19(7-9-20)25-22-23-16-17(10-11-29(30)31)21(26-22)24-18-4-2-3-5-18/h6-11,16,18H,2-5,12-15H2,1H3,(H2,23,24,25,26)/b11-10+. The van der Waals surface area contributed by atoms with E-state index in [1.165, 1.54) is 24.6 Å². The van der Waals surface area contributed by atoms with Crippen LogP contribution in [0.25, 0.3) is 6.08 Å². The third-order valence-corrected chi connectivity index (χ3v) is 5.88. The summed E-state index contributed by atoms with van der Waals surface area (Å²) in [6.45, 7) is 4.20. The monoisotopic (exact) mass is 423 g/mol. The summed E-state index contributed by atoms with van der Waals surface area (Å²) in [7, 11) is 2.15. The molecule has 1 saturated carbocycles. The fraction of sp³-hybridized carbons (Fsp3) is 0.455. The van der Waals surface area contributed by atoms with Crippen molar-refractivity contribution in [3.63, 3.8) is 0 Å². The second kappa shape index (κ2) is 9.74. The maximum atomic E-state index is 10.7. The highest BCUT2D eigenvalue weighted by Gasteiger charge is 2.18. The SMILES string of the molecule is CN1CCN(c2ccc(Nc3ncc(/C=C/[N+](=O)[O-])c(NC4CCCC4)n3)cc2)CC1. The minimum atomic E-state index is -0.479. The molecule has 2 N–H and O–H groups in total. The third kappa shape index (κ3) is 5.69. The Kier molecular flexibility index (Phi) is 6.61. The smallest absolute Gasteiger partial charge is 0.235 e. The highest BCUT2D eigenvalue weighted by Crippen LogP contribution is 2.26. The van der Waals surface area contributed by atoms with E-state index in [1.54, 1.807) is 6.20 Å². The minimum Gasteiger partial charge on any atom is -0.369 e. The largest absolute Gasteiger partial charge is 0.369 e. The van der Waals surface area contributed by atoms with Crippen molar-refractivity contribution >= 4 is 29.2 Å². The zero-order valence-corrected chi connectivity index (χ0v) is 17.8. The predicted octanol–water partition coefficient (Wildman–Crippen LogP) is 3.57. The lowest BCUT2D eigenvalue weighted by Gasteiger charge is -2.34. The molecule has 0 atom stereocenters. The summed E-state index contributed by atoms with van der Waals surface area (Å²) in [5, 5.41) is 17.4. The van der Waals surface area contributed by atoms with Gasteiger partial charge in [0.25, 0.3) is 0 Å². The van der Waals surface area contributed by atoms with Gasteiger partial charge in [-0.05, 0) is 44.2 Å². The van der Waals surface area contributed by atoms with Crippen molar-refractivity contribution in [2.24, 2.45) is 0 Å². The molecule has 0 spiro atoms. The summed E-state index contributed by atoms with van der Waals surface area (Å²) in [5.74, 6) is 1.09. The van der Waals surface area contributed by atoms with E-state index in [0.717, 1.165) is 50.9 Å². The van der Waals surface area contributed by atoms with Gasteiger partial charge in [0, 0.05) is 61.4 Å². The molecule has 164 valence electrons. The van der Waals surface area contributed by atoms with Crippen molar-refractivity contribution in [2.75, 3.05) is 48.8 Å². The van der Waals surface area contributed by atoms with Crippen molar-refractivity contribution < 1.29 is 4.92 Å². The van der Waals surface area contributed by atoms with Crippen LogP contribution >= 0.6 is 0 Å². The van der Waals surface area contributed by atoms with Crippen molar-refractivity contribution in [1.82, 2.24) is 14.9 Å². The van der Waals surface area contributed by atoms with E-state index < -0.39 is 4.92 Å². The lowest BCUT2D eigenvalue weighted by atomic mass is 10.2. The summed E-state index contributed by atoms with van der Waals surface area (Å²) in [5.41, 5.74) is 2.72. The number of anilines is 4. The number of likely N-dealkylation sites (N-methyl/N-ethyl adjacent to an activating group) is 1. The molecule has 0 unspecified atom stereocenters. The Morgan fingerprint density at radius 3 is 2.52 bits per heavy atom. The molecule has 2 aliphatic rings. The topological polar surface area (TPSA) is 99.5 Å². The van der Waals surface area contributed by atoms with Crippen LogP contribution in [0.2, 0.25) is 0 Å². The van der Waals surface area contributed by atoms with Crippen LogP contribution in [0.15, 0.2) is 36.7 Å². The first-order valence-electron chi connectivity index (χ1n) is 10.8. The van der Waals surface area contributed by atoms with Gasteiger partial charge in [-0.15, -0.1) is 0 Å². The van der Waals surface area contributed by atoms with Crippen LogP contribution in [0.1, 0.15) is 31.2 Å². The lowest BCUT2D eigenvalue weighted by Crippen LogP contribution is -2.44. The number of benzene rings is 1. The molecule has 0 bridgehead atoms. The number of piperazine rings is 1. The summed E-state index contributed by atoms with van der Waals surface area (Å²) in [4.78, 5) is 23.9. The molecule has 2 heterocycles. The summed E-state index contributed by atoms with van der Waals surface area (Å²) >= 11 is 0. The van der Waals surface area contributed by atoms with Crippen LogP contribution < -0.4 is 15.5 Å². The molecule has 1 saturated heterocycles. The molecule has 2 aromatic rings. The van der Waals surface area contributed by atoms with Gasteiger partial charge in [0.15, 0.2) is 0 Å². The van der Waals surface area contributed by atoms with Crippen LogP contribution in [0.3, 0.4) is 0 Å². The van der Waals surface area contributed by atoms with Crippen molar-refractivity contribution in [1.29, 1.82) is 0 Å². The summed E-state index contributed by atoms with van der Waals surface area (Å²) in [6, 6.07) is 8.62. The fourth-order valence-corrected chi connectivity index (χ4v) is 4.04. The van der Waals surface area contributed by atoms with Crippen LogP contribution in [-0.4, -0.2) is 59.1 Å². The molecule has 9 heteroatoms. The normalized spacial score (nSPS) is 17.9. The molecule has 0 amide bonds. The van der Waals surface area contributed by atoms with Gasteiger partial charge in [0.2, 0.25) is 12.1 Å². The molecular weight excluding hydrogens is 394 g/mol. The summed E-state index contributed by atoms with van der Waals surface area (Å²) in [6.07, 6.45) is 8.51. The number of nitrogens with zero attached hydrogens (tertiary/aromatic N) is 5. The van der Waals surface area contributed by atoms with Crippen LogP contribution in [-0.2, 0) is 0 Å². The van der Waals surface area contributed by atoms with Gasteiger partial charge >= 0.3 is 0 Å². The van der Waals surface area contributed by atoms with Crippen molar-refractivity contribution in [3.8, 4) is 0 Å². The van der Waals surface area contributed by atoms with Crippen LogP contribution in [0, 0.1) is 10.1 Å². The molecule has 0 radical (unpaired) electrons. The number of hydrogen-bond acceptors (Lipinski definition) is 8. The Bertz CT molecular complexity index is 918. The van der Waals surface area contributed by atoms with E-state index in [4.69, 9.17) is 0 Å². The molecular formula is C22H29N7O2. The van der Waals surface area contributed by atoms with Crippen molar-refractivity contribution in [2.45, 2.75) is 31.7 Å². The Hall–Kier alpha value is -3.20. The fourth-order valence-electron chi connectivity index (χ4n) is 4.04. The first-order chi connectivity index (χ1) is 15.1. The minimum absolute atomic E-state index is 0.341. The van der Waals surface area contributed by atoms with Gasteiger partial charge in [-0.2, -0.15) is 4.98 Å². The van der Waals surface area contributed by atoms with E-state index in [2.05, 4.69) is 49.6 Å². The van der Waals surface area contributed by atoms with E-state index in [1.807, 2.05) is 12.1 Å². The maximum absolute atomic E-state index is 10.7. The first-order valence-corrected chi connectivity index (χ1v) is 10.8. The van der Waals surface area contributed by atoms with Crippen LogP contribution in [0.5, 0.6) is 0 Å². The average Bonchev–Trinajstić information content (AvgIpc) is 3.27. The Balaban J connectivity index is 1.47. The molecule has 1 aliphatic heterocycles. The highest BCUT2D eigenvalue weighted by molar-refractivity contribution is 5.65. The Labute approximate surface area is 182 Å². The van der Waals surface area contributed by atoms with E-state index in [9.17, 15) is 10.1 Å². The highest BCUT2D eigenvalue weighted by atomic mass is 16.6. The molecule has 1 aromatic carbocycles. The first kappa shape index (κ1) is 21.0. The lowest BCUT2D eigenvalue weighted by molar-refractivity contribution is -0.400. The number of aromatic nitrogens is 2. The zero-order valence-electron chi connectivity index (χ0n) is 17.8. The van der Waals surface area contributed by atoms with Gasteiger partial charge < -0.3 is 20.4 Å². The predicted molar refractivity (Wildman–Crippen MR) is 123 cm³/mol. The van der Waals surface area contributed by atoms with E-state index >= 15 is 0 Å².